The SMILES string of the molecule is Brc1cccc2c1c1ccccc1n2-c1cc(Oc2ccccc2)cc(N(c2ccccc2)c2ccccc2)c1. The van der Waals surface area contributed by atoms with E-state index in [2.05, 4.69) is 135 Å². The number of nitrogens with zero attached hydrogens (tertiary/aromatic N) is 2. The van der Waals surface area contributed by atoms with Crippen LogP contribution < -0.4 is 9.64 Å². The van der Waals surface area contributed by atoms with Gasteiger partial charge in [-0.25, -0.2) is 0 Å². The maximum Gasteiger partial charge on any atom is 0.131 e. The third kappa shape index (κ3) is 4.42. The van der Waals surface area contributed by atoms with Crippen LogP contribution in [0.4, 0.5) is 17.1 Å². The summed E-state index contributed by atoms with van der Waals surface area (Å²) in [5.74, 6) is 1.55. The molecule has 7 aromatic rings. The molecule has 0 bridgehead atoms. The van der Waals surface area contributed by atoms with Gasteiger partial charge in [0.05, 0.1) is 22.4 Å². The van der Waals surface area contributed by atoms with Gasteiger partial charge >= 0.3 is 0 Å². The third-order valence-electron chi connectivity index (χ3n) is 7.05. The van der Waals surface area contributed by atoms with E-state index in [9.17, 15) is 0 Å². The van der Waals surface area contributed by atoms with E-state index in [4.69, 9.17) is 4.74 Å². The van der Waals surface area contributed by atoms with E-state index in [1.54, 1.807) is 0 Å². The van der Waals surface area contributed by atoms with Crippen LogP contribution in [0.25, 0.3) is 27.5 Å². The second-order valence-electron chi connectivity index (χ2n) is 9.59. The van der Waals surface area contributed by atoms with Crippen LogP contribution in [-0.4, -0.2) is 4.57 Å². The fourth-order valence-corrected chi connectivity index (χ4v) is 5.93. The highest BCUT2D eigenvalue weighted by atomic mass is 79.9. The van der Waals surface area contributed by atoms with Gasteiger partial charge in [-0.1, -0.05) is 94.8 Å². The lowest BCUT2D eigenvalue weighted by atomic mass is 10.1. The van der Waals surface area contributed by atoms with Gasteiger partial charge in [-0.3, -0.25) is 0 Å². The highest BCUT2D eigenvalue weighted by Crippen LogP contribution is 2.41. The van der Waals surface area contributed by atoms with Crippen LogP contribution in [-0.2, 0) is 0 Å². The number of hydrogen-bond donors (Lipinski definition) is 0. The van der Waals surface area contributed by atoms with Crippen molar-refractivity contribution in [1.82, 2.24) is 4.57 Å². The normalized spacial score (nSPS) is 11.1. The van der Waals surface area contributed by atoms with Crippen molar-refractivity contribution >= 4 is 54.8 Å². The molecule has 1 heterocycles. The summed E-state index contributed by atoms with van der Waals surface area (Å²) >= 11 is 3.82. The molecule has 0 fully saturated rings. The quantitative estimate of drug-likeness (QED) is 0.194. The second-order valence-corrected chi connectivity index (χ2v) is 10.4. The van der Waals surface area contributed by atoms with Gasteiger partial charge in [0.2, 0.25) is 0 Å². The molecular weight excluding hydrogens is 556 g/mol. The molecule has 3 nitrogen and oxygen atoms in total. The Labute approximate surface area is 241 Å². The predicted molar refractivity (Wildman–Crippen MR) is 170 cm³/mol. The maximum atomic E-state index is 6.48. The molecule has 0 saturated heterocycles. The lowest BCUT2D eigenvalue weighted by Crippen LogP contribution is -2.10. The first-order chi connectivity index (χ1) is 19.8. The van der Waals surface area contributed by atoms with E-state index in [1.165, 1.54) is 10.8 Å². The number of fused-ring (bicyclic) bond motifs is 3. The van der Waals surface area contributed by atoms with Gasteiger partial charge in [0, 0.05) is 38.8 Å². The molecule has 0 saturated carbocycles. The smallest absolute Gasteiger partial charge is 0.131 e. The second kappa shape index (κ2) is 10.4. The number of rotatable bonds is 6. The fourth-order valence-electron chi connectivity index (χ4n) is 5.36. The van der Waals surface area contributed by atoms with Crippen LogP contribution in [0.3, 0.4) is 0 Å². The van der Waals surface area contributed by atoms with E-state index in [1.807, 2.05) is 42.5 Å². The van der Waals surface area contributed by atoms with Crippen molar-refractivity contribution in [3.05, 3.63) is 156 Å². The van der Waals surface area contributed by atoms with Crippen LogP contribution in [0.15, 0.2) is 156 Å². The van der Waals surface area contributed by atoms with Crippen LogP contribution in [0.1, 0.15) is 0 Å². The highest BCUT2D eigenvalue weighted by molar-refractivity contribution is 9.10. The zero-order valence-corrected chi connectivity index (χ0v) is 23.2. The molecule has 40 heavy (non-hydrogen) atoms. The molecule has 6 aromatic carbocycles. The van der Waals surface area contributed by atoms with E-state index in [-0.39, 0.29) is 0 Å². The molecule has 0 radical (unpaired) electrons. The van der Waals surface area contributed by atoms with Crippen LogP contribution in [0.5, 0.6) is 11.5 Å². The highest BCUT2D eigenvalue weighted by Gasteiger charge is 2.19. The lowest BCUT2D eigenvalue weighted by Gasteiger charge is -2.26. The largest absolute Gasteiger partial charge is 0.457 e. The van der Waals surface area contributed by atoms with Gasteiger partial charge in [0.25, 0.3) is 0 Å². The average Bonchev–Trinajstić information content (AvgIpc) is 3.34. The topological polar surface area (TPSA) is 17.4 Å². The Morgan fingerprint density at radius 2 is 1.10 bits per heavy atom. The zero-order chi connectivity index (χ0) is 26.9. The Morgan fingerprint density at radius 3 is 1.80 bits per heavy atom. The number of aromatic nitrogens is 1. The van der Waals surface area contributed by atoms with Crippen molar-refractivity contribution in [2.75, 3.05) is 4.90 Å². The monoisotopic (exact) mass is 580 g/mol. The first-order valence-corrected chi connectivity index (χ1v) is 14.0. The van der Waals surface area contributed by atoms with Crippen molar-refractivity contribution in [2.24, 2.45) is 0 Å². The summed E-state index contributed by atoms with van der Waals surface area (Å²) in [5.41, 5.74) is 6.43. The first-order valence-electron chi connectivity index (χ1n) is 13.2. The Hall–Kier alpha value is -4.80. The minimum Gasteiger partial charge on any atom is -0.457 e. The van der Waals surface area contributed by atoms with Crippen molar-refractivity contribution in [1.29, 1.82) is 0 Å². The molecule has 0 amide bonds. The maximum absolute atomic E-state index is 6.48. The molecule has 0 atom stereocenters. The summed E-state index contributed by atoms with van der Waals surface area (Å²) in [5, 5.41) is 2.39. The Balaban J connectivity index is 1.51. The molecule has 0 aliphatic carbocycles. The van der Waals surface area contributed by atoms with Crippen LogP contribution in [0.2, 0.25) is 0 Å². The van der Waals surface area contributed by atoms with Crippen molar-refractivity contribution in [3.63, 3.8) is 0 Å². The van der Waals surface area contributed by atoms with Crippen molar-refractivity contribution in [3.8, 4) is 17.2 Å². The van der Waals surface area contributed by atoms with Gasteiger partial charge in [0.1, 0.15) is 11.5 Å². The summed E-state index contributed by atoms with van der Waals surface area (Å²) in [6, 6.07) is 52.2. The van der Waals surface area contributed by atoms with Gasteiger partial charge in [-0.15, -0.1) is 0 Å². The Kier molecular flexibility index (Phi) is 6.31. The summed E-state index contributed by atoms with van der Waals surface area (Å²) in [4.78, 5) is 2.27. The van der Waals surface area contributed by atoms with E-state index in [0.29, 0.717) is 0 Å². The van der Waals surface area contributed by atoms with Gasteiger partial charge in [-0.05, 0) is 60.7 Å². The molecule has 1 aromatic heterocycles. The molecule has 4 heteroatoms. The number of benzene rings is 6. The fraction of sp³-hybridized carbons (Fsp3) is 0. The number of ether oxygens (including phenoxy) is 1. The van der Waals surface area contributed by atoms with Gasteiger partial charge < -0.3 is 14.2 Å². The molecule has 7 rings (SSSR count). The van der Waals surface area contributed by atoms with Crippen molar-refractivity contribution < 1.29 is 4.74 Å². The average molecular weight is 582 g/mol. The van der Waals surface area contributed by atoms with E-state index in [0.717, 1.165) is 49.8 Å². The van der Waals surface area contributed by atoms with Gasteiger partial charge in [0.15, 0.2) is 0 Å². The molecule has 0 aliphatic rings. The summed E-state index contributed by atoms with van der Waals surface area (Å²) in [6.45, 7) is 0. The molecule has 0 spiro atoms. The minimum absolute atomic E-state index is 0.761. The summed E-state index contributed by atoms with van der Waals surface area (Å²) < 4.78 is 9.88. The number of para-hydroxylation sites is 4. The van der Waals surface area contributed by atoms with Crippen molar-refractivity contribution in [2.45, 2.75) is 0 Å². The number of halogens is 1. The van der Waals surface area contributed by atoms with E-state index < -0.39 is 0 Å². The van der Waals surface area contributed by atoms with Gasteiger partial charge in [-0.2, -0.15) is 0 Å². The first kappa shape index (κ1) is 24.3. The minimum atomic E-state index is 0.761. The van der Waals surface area contributed by atoms with Crippen LogP contribution in [0, 0.1) is 0 Å². The molecule has 0 aliphatic heterocycles. The Bertz CT molecular complexity index is 1890. The molecule has 192 valence electrons. The Morgan fingerprint density at radius 1 is 0.500 bits per heavy atom. The predicted octanol–water partition coefficient (Wildman–Crippen LogP) is 10.8. The standard InChI is InChI=1S/C36H25BrN2O/c37-33-20-12-22-35-36(33)32-19-10-11-21-34(32)39(35)29-23-28(24-31(25-29)40-30-17-8-3-9-18-30)38(26-13-4-1-5-14-26)27-15-6-2-7-16-27/h1-25H. The summed E-state index contributed by atoms with van der Waals surface area (Å²) in [6.07, 6.45) is 0. The number of anilines is 3. The molecular formula is C36H25BrN2O. The summed E-state index contributed by atoms with van der Waals surface area (Å²) in [7, 11) is 0. The third-order valence-corrected chi connectivity index (χ3v) is 7.71. The molecule has 0 N–H and O–H groups in total. The molecule has 0 unspecified atom stereocenters. The lowest BCUT2D eigenvalue weighted by molar-refractivity contribution is 0.482. The zero-order valence-electron chi connectivity index (χ0n) is 21.6. The van der Waals surface area contributed by atoms with E-state index >= 15 is 0 Å². The number of hydrogen-bond acceptors (Lipinski definition) is 2. The van der Waals surface area contributed by atoms with Crippen LogP contribution >= 0.6 is 15.9 Å².